The van der Waals surface area contributed by atoms with E-state index < -0.39 is 0 Å². The Balaban J connectivity index is 2.27. The molecular weight excluding hydrogens is 212 g/mol. The van der Waals surface area contributed by atoms with Gasteiger partial charge >= 0.3 is 0 Å². The minimum absolute atomic E-state index is 0.259. The van der Waals surface area contributed by atoms with E-state index in [9.17, 15) is 0 Å². The fourth-order valence-corrected chi connectivity index (χ4v) is 1.54. The van der Waals surface area contributed by atoms with Gasteiger partial charge in [-0.3, -0.25) is 9.83 Å². The summed E-state index contributed by atoms with van der Waals surface area (Å²) >= 11 is 6.05. The Kier molecular flexibility index (Phi) is 2.67. The highest BCUT2D eigenvalue weighted by molar-refractivity contribution is 6.34. The van der Waals surface area contributed by atoms with Crippen molar-refractivity contribution in [3.63, 3.8) is 0 Å². The molecular formula is C11H13ClN2O. The Hall–Kier alpha value is -1.06. The first-order valence-electron chi connectivity index (χ1n) is 4.82. The first-order chi connectivity index (χ1) is 7.08. The zero-order valence-corrected chi connectivity index (χ0v) is 9.51. The summed E-state index contributed by atoms with van der Waals surface area (Å²) in [6.45, 7) is 4.58. The van der Waals surface area contributed by atoms with Crippen LogP contribution in [-0.4, -0.2) is 18.0 Å². The summed E-state index contributed by atoms with van der Waals surface area (Å²) in [5, 5.41) is 0.673. The fraction of sp³-hybridized carbons (Fsp3) is 0.364. The van der Waals surface area contributed by atoms with Crippen molar-refractivity contribution >= 4 is 17.4 Å². The van der Waals surface area contributed by atoms with Gasteiger partial charge in [0.05, 0.1) is 11.6 Å². The minimum atomic E-state index is -0.259. The fourth-order valence-electron chi connectivity index (χ4n) is 1.31. The van der Waals surface area contributed by atoms with E-state index in [1.165, 1.54) is 0 Å². The first-order valence-corrected chi connectivity index (χ1v) is 5.20. The lowest BCUT2D eigenvalue weighted by atomic mass is 10.1. The lowest BCUT2D eigenvalue weighted by Crippen LogP contribution is -2.43. The molecule has 0 fully saturated rings. The normalized spacial score (nSPS) is 19.3. The summed E-state index contributed by atoms with van der Waals surface area (Å²) in [7, 11) is 0. The molecule has 0 atom stereocenters. The molecule has 0 unspecified atom stereocenters. The van der Waals surface area contributed by atoms with E-state index in [1.807, 2.05) is 38.1 Å². The van der Waals surface area contributed by atoms with Crippen LogP contribution < -0.4 is 5.48 Å². The molecule has 1 aliphatic heterocycles. The van der Waals surface area contributed by atoms with Crippen LogP contribution in [0.4, 0.5) is 0 Å². The van der Waals surface area contributed by atoms with E-state index in [4.69, 9.17) is 16.4 Å². The molecule has 1 heterocycles. The highest BCUT2D eigenvalue weighted by atomic mass is 35.5. The second-order valence-corrected chi connectivity index (χ2v) is 4.52. The quantitative estimate of drug-likeness (QED) is 0.795. The second kappa shape index (κ2) is 3.83. The van der Waals surface area contributed by atoms with Crippen LogP contribution in [0.3, 0.4) is 0 Å². The van der Waals surface area contributed by atoms with E-state index in [0.717, 1.165) is 5.56 Å². The van der Waals surface area contributed by atoms with Crippen molar-refractivity contribution in [1.82, 2.24) is 5.48 Å². The minimum Gasteiger partial charge on any atom is -0.267 e. The maximum absolute atomic E-state index is 6.05. The molecule has 0 saturated heterocycles. The van der Waals surface area contributed by atoms with Gasteiger partial charge < -0.3 is 0 Å². The standard InChI is InChI=1S/C11H13ClN2O/c1-11(2)7-13-10(14-15-11)8-5-3-4-6-9(8)12/h3-6H,7H2,1-2H3,(H,13,14). The van der Waals surface area contributed by atoms with E-state index in [2.05, 4.69) is 10.5 Å². The number of rotatable bonds is 1. The van der Waals surface area contributed by atoms with Crippen molar-refractivity contribution in [2.24, 2.45) is 4.99 Å². The van der Waals surface area contributed by atoms with Gasteiger partial charge in [0.15, 0.2) is 5.84 Å². The van der Waals surface area contributed by atoms with Gasteiger partial charge in [-0.15, -0.1) is 0 Å². The molecule has 0 radical (unpaired) electrons. The summed E-state index contributed by atoms with van der Waals surface area (Å²) in [5.74, 6) is 0.694. The molecule has 80 valence electrons. The maximum atomic E-state index is 6.05. The zero-order chi connectivity index (χ0) is 10.9. The molecule has 3 nitrogen and oxygen atoms in total. The monoisotopic (exact) mass is 224 g/mol. The predicted octanol–water partition coefficient (Wildman–Crippen LogP) is 2.40. The van der Waals surface area contributed by atoms with Crippen molar-refractivity contribution < 1.29 is 4.84 Å². The molecule has 4 heteroatoms. The molecule has 0 bridgehead atoms. The Bertz CT molecular complexity index is 401. The molecule has 0 aliphatic carbocycles. The number of nitrogens with one attached hydrogen (secondary N) is 1. The van der Waals surface area contributed by atoms with Gasteiger partial charge in [-0.2, -0.15) is 0 Å². The Morgan fingerprint density at radius 3 is 2.73 bits per heavy atom. The number of hydroxylamine groups is 1. The van der Waals surface area contributed by atoms with Gasteiger partial charge in [0, 0.05) is 5.56 Å². The van der Waals surface area contributed by atoms with E-state index in [-0.39, 0.29) is 5.60 Å². The SMILES string of the molecule is CC1(C)CN=C(c2ccccc2Cl)NO1. The van der Waals surface area contributed by atoms with E-state index >= 15 is 0 Å². The van der Waals surface area contributed by atoms with E-state index in [1.54, 1.807) is 0 Å². The lowest BCUT2D eigenvalue weighted by molar-refractivity contribution is -0.0571. The molecule has 0 saturated carbocycles. The van der Waals surface area contributed by atoms with Crippen LogP contribution in [0.5, 0.6) is 0 Å². The van der Waals surface area contributed by atoms with Gasteiger partial charge in [0.2, 0.25) is 0 Å². The molecule has 1 aromatic carbocycles. The third-order valence-corrected chi connectivity index (χ3v) is 2.50. The van der Waals surface area contributed by atoms with Crippen molar-refractivity contribution in [1.29, 1.82) is 0 Å². The Morgan fingerprint density at radius 2 is 2.13 bits per heavy atom. The molecule has 1 N–H and O–H groups in total. The number of amidine groups is 1. The summed E-state index contributed by atoms with van der Waals surface area (Å²) in [4.78, 5) is 9.86. The number of nitrogens with zero attached hydrogens (tertiary/aromatic N) is 1. The number of aliphatic imine (C=N–C) groups is 1. The number of benzene rings is 1. The maximum Gasteiger partial charge on any atom is 0.154 e. The molecule has 0 amide bonds. The average molecular weight is 225 g/mol. The van der Waals surface area contributed by atoms with Gasteiger partial charge in [-0.1, -0.05) is 23.7 Å². The van der Waals surface area contributed by atoms with Crippen LogP contribution >= 0.6 is 11.6 Å². The zero-order valence-electron chi connectivity index (χ0n) is 8.75. The van der Waals surface area contributed by atoms with Gasteiger partial charge in [-0.25, -0.2) is 5.48 Å². The Labute approximate surface area is 94.1 Å². The van der Waals surface area contributed by atoms with Crippen LogP contribution in [0.1, 0.15) is 19.4 Å². The van der Waals surface area contributed by atoms with Crippen LogP contribution in [0.25, 0.3) is 0 Å². The lowest BCUT2D eigenvalue weighted by Gasteiger charge is -2.28. The van der Waals surface area contributed by atoms with Crippen molar-refractivity contribution in [2.75, 3.05) is 6.54 Å². The smallest absolute Gasteiger partial charge is 0.154 e. The van der Waals surface area contributed by atoms with Crippen molar-refractivity contribution in [3.05, 3.63) is 34.9 Å². The average Bonchev–Trinajstić information content (AvgIpc) is 2.19. The Morgan fingerprint density at radius 1 is 1.40 bits per heavy atom. The largest absolute Gasteiger partial charge is 0.267 e. The molecule has 1 aliphatic rings. The third-order valence-electron chi connectivity index (χ3n) is 2.17. The summed E-state index contributed by atoms with van der Waals surface area (Å²) in [6.07, 6.45) is 0. The van der Waals surface area contributed by atoms with Crippen LogP contribution in [0.2, 0.25) is 5.02 Å². The van der Waals surface area contributed by atoms with Crippen molar-refractivity contribution in [2.45, 2.75) is 19.4 Å². The summed E-state index contributed by atoms with van der Waals surface area (Å²) in [5.41, 5.74) is 3.44. The highest BCUT2D eigenvalue weighted by Crippen LogP contribution is 2.19. The van der Waals surface area contributed by atoms with Gasteiger partial charge in [0.25, 0.3) is 0 Å². The molecule has 0 aromatic heterocycles. The topological polar surface area (TPSA) is 33.6 Å². The first kappa shape index (κ1) is 10.5. The highest BCUT2D eigenvalue weighted by Gasteiger charge is 2.24. The van der Waals surface area contributed by atoms with E-state index in [0.29, 0.717) is 17.4 Å². The number of hydrogen-bond acceptors (Lipinski definition) is 3. The molecule has 2 rings (SSSR count). The summed E-state index contributed by atoms with van der Waals surface area (Å²) in [6, 6.07) is 7.56. The van der Waals surface area contributed by atoms with Crippen LogP contribution in [0, 0.1) is 0 Å². The van der Waals surface area contributed by atoms with Crippen LogP contribution in [-0.2, 0) is 4.84 Å². The molecule has 0 spiro atoms. The van der Waals surface area contributed by atoms with Crippen molar-refractivity contribution in [3.8, 4) is 0 Å². The third kappa shape index (κ3) is 2.30. The van der Waals surface area contributed by atoms with Gasteiger partial charge in [0.1, 0.15) is 5.60 Å². The number of halogens is 1. The van der Waals surface area contributed by atoms with Gasteiger partial charge in [-0.05, 0) is 26.0 Å². The molecule has 15 heavy (non-hydrogen) atoms. The second-order valence-electron chi connectivity index (χ2n) is 4.11. The summed E-state index contributed by atoms with van der Waals surface area (Å²) < 4.78 is 0. The molecule has 1 aromatic rings. The predicted molar refractivity (Wildman–Crippen MR) is 61.2 cm³/mol. The number of hydrogen-bond donors (Lipinski definition) is 1. The van der Waals surface area contributed by atoms with Crippen LogP contribution in [0.15, 0.2) is 29.3 Å².